The molecule has 0 aliphatic rings. The molecule has 2 N–H and O–H groups in total. The number of carbonyl (C=O) groups excluding carboxylic acids is 1. The minimum atomic E-state index is -0.365. The molecule has 4 aromatic rings. The maximum absolute atomic E-state index is 12.6. The molecule has 0 aliphatic carbocycles. The van der Waals surface area contributed by atoms with Gasteiger partial charge in [0, 0.05) is 6.92 Å². The Morgan fingerprint density at radius 2 is 1.48 bits per heavy atom. The van der Waals surface area contributed by atoms with E-state index in [1.807, 2.05) is 0 Å². The number of hydrogen-bond donors (Lipinski definition) is 2. The number of phenols is 2. The summed E-state index contributed by atoms with van der Waals surface area (Å²) in [6, 6.07) is 16.0. The maximum Gasteiger partial charge on any atom is 0.308 e. The van der Waals surface area contributed by atoms with E-state index in [0.717, 1.165) is 5.56 Å². The average molecular weight is 450 g/mol. The van der Waals surface area contributed by atoms with Crippen molar-refractivity contribution in [2.24, 2.45) is 0 Å². The van der Waals surface area contributed by atoms with E-state index in [0.29, 0.717) is 22.4 Å². The lowest BCUT2D eigenvalue weighted by molar-refractivity contribution is -0.131. The van der Waals surface area contributed by atoms with Crippen molar-refractivity contribution in [3.05, 3.63) is 77.2 Å². The third-order valence-electron chi connectivity index (χ3n) is 4.58. The molecule has 33 heavy (non-hydrogen) atoms. The highest BCUT2D eigenvalue weighted by Crippen LogP contribution is 2.34. The van der Waals surface area contributed by atoms with Gasteiger partial charge in [0.1, 0.15) is 23.5 Å². The van der Waals surface area contributed by atoms with Crippen LogP contribution in [-0.2, 0) is 4.79 Å². The number of aromatic hydroxyl groups is 2. The van der Waals surface area contributed by atoms with Crippen molar-refractivity contribution in [3.8, 4) is 39.9 Å². The number of fused-ring (bicyclic) bond motifs is 1. The van der Waals surface area contributed by atoms with Crippen molar-refractivity contribution in [1.82, 2.24) is 0 Å². The third kappa shape index (κ3) is 5.43. The molecule has 0 amide bonds. The molecule has 0 saturated heterocycles. The summed E-state index contributed by atoms with van der Waals surface area (Å²) in [5.74, 6) is 1.01. The molecule has 0 fully saturated rings. The Kier molecular flexibility index (Phi) is 7.20. The topological polar surface area (TPSA) is 115 Å². The summed E-state index contributed by atoms with van der Waals surface area (Å²) in [5, 5.41) is 18.9. The second-order valence-corrected chi connectivity index (χ2v) is 6.79. The SMILES string of the molecule is CC(=O)Oc1ccc(O)cc1.COc1ccc(-c2coc3c(OC)c(O)ccc3c2=O)cc1. The highest BCUT2D eigenvalue weighted by Gasteiger charge is 2.15. The quantitative estimate of drug-likeness (QED) is 0.345. The van der Waals surface area contributed by atoms with Crippen LogP contribution in [0.15, 0.2) is 76.1 Å². The van der Waals surface area contributed by atoms with Crippen LogP contribution in [0.3, 0.4) is 0 Å². The largest absolute Gasteiger partial charge is 0.508 e. The predicted molar refractivity (Wildman–Crippen MR) is 122 cm³/mol. The summed E-state index contributed by atoms with van der Waals surface area (Å²) < 4.78 is 20.4. The minimum absolute atomic E-state index is 0.0738. The Labute approximate surface area is 189 Å². The second kappa shape index (κ2) is 10.2. The van der Waals surface area contributed by atoms with Crippen LogP contribution in [0, 0.1) is 0 Å². The molecule has 0 unspecified atom stereocenters. The van der Waals surface area contributed by atoms with E-state index >= 15 is 0 Å². The van der Waals surface area contributed by atoms with Crippen LogP contribution in [0.1, 0.15) is 6.92 Å². The number of benzene rings is 3. The number of esters is 1. The van der Waals surface area contributed by atoms with Crippen molar-refractivity contribution >= 4 is 16.9 Å². The number of ether oxygens (including phenoxy) is 3. The van der Waals surface area contributed by atoms with E-state index in [-0.39, 0.29) is 34.2 Å². The minimum Gasteiger partial charge on any atom is -0.508 e. The molecule has 170 valence electrons. The Morgan fingerprint density at radius 1 is 0.848 bits per heavy atom. The Morgan fingerprint density at radius 3 is 2.06 bits per heavy atom. The molecule has 0 spiro atoms. The lowest BCUT2D eigenvalue weighted by Crippen LogP contribution is -2.05. The average Bonchev–Trinajstić information content (AvgIpc) is 2.81. The van der Waals surface area contributed by atoms with Crippen LogP contribution in [0.4, 0.5) is 0 Å². The fraction of sp³-hybridized carbons (Fsp3) is 0.120. The molecule has 4 rings (SSSR count). The standard InChI is InChI=1S/C17H14O5.C8H8O3/c1-20-11-5-3-10(4-6-11)13-9-22-16-12(15(13)19)7-8-14(18)17(16)21-2;1-6(9)11-8-4-2-7(10)3-5-8/h3-9,18H,1-2H3;2-5,10H,1H3. The van der Waals surface area contributed by atoms with Gasteiger partial charge in [0.25, 0.3) is 0 Å². The first kappa shape index (κ1) is 23.2. The zero-order valence-electron chi connectivity index (χ0n) is 18.2. The van der Waals surface area contributed by atoms with Gasteiger partial charge in [-0.25, -0.2) is 0 Å². The van der Waals surface area contributed by atoms with E-state index in [2.05, 4.69) is 0 Å². The first-order chi connectivity index (χ1) is 15.8. The van der Waals surface area contributed by atoms with Gasteiger partial charge < -0.3 is 28.8 Å². The summed E-state index contributed by atoms with van der Waals surface area (Å²) in [7, 11) is 2.99. The molecule has 0 atom stereocenters. The lowest BCUT2D eigenvalue weighted by Gasteiger charge is -2.08. The monoisotopic (exact) mass is 450 g/mol. The van der Waals surface area contributed by atoms with Gasteiger partial charge in [0.05, 0.1) is 25.2 Å². The molecule has 8 nitrogen and oxygen atoms in total. The highest BCUT2D eigenvalue weighted by atomic mass is 16.5. The van der Waals surface area contributed by atoms with E-state index in [1.165, 1.54) is 56.7 Å². The predicted octanol–water partition coefficient (Wildman–Crippen LogP) is 4.50. The Bertz CT molecular complexity index is 1310. The molecule has 1 heterocycles. The van der Waals surface area contributed by atoms with Gasteiger partial charge in [-0.15, -0.1) is 0 Å². The van der Waals surface area contributed by atoms with E-state index < -0.39 is 0 Å². The van der Waals surface area contributed by atoms with Crippen LogP contribution < -0.4 is 19.6 Å². The van der Waals surface area contributed by atoms with Gasteiger partial charge >= 0.3 is 5.97 Å². The van der Waals surface area contributed by atoms with Gasteiger partial charge in [-0.3, -0.25) is 9.59 Å². The fourth-order valence-corrected chi connectivity index (χ4v) is 3.01. The van der Waals surface area contributed by atoms with Crippen molar-refractivity contribution in [3.63, 3.8) is 0 Å². The summed E-state index contributed by atoms with van der Waals surface area (Å²) >= 11 is 0. The second-order valence-electron chi connectivity index (χ2n) is 6.79. The number of methoxy groups -OCH3 is 2. The van der Waals surface area contributed by atoms with Crippen molar-refractivity contribution in [1.29, 1.82) is 0 Å². The maximum atomic E-state index is 12.6. The molecule has 0 aliphatic heterocycles. The normalized spacial score (nSPS) is 10.2. The van der Waals surface area contributed by atoms with Gasteiger partial charge in [-0.2, -0.15) is 0 Å². The van der Waals surface area contributed by atoms with Crippen LogP contribution >= 0.6 is 0 Å². The molecule has 0 bridgehead atoms. The highest BCUT2D eigenvalue weighted by molar-refractivity contribution is 5.88. The fourth-order valence-electron chi connectivity index (χ4n) is 3.01. The van der Waals surface area contributed by atoms with E-state index in [9.17, 15) is 14.7 Å². The third-order valence-corrected chi connectivity index (χ3v) is 4.58. The van der Waals surface area contributed by atoms with Gasteiger partial charge in [-0.1, -0.05) is 12.1 Å². The Balaban J connectivity index is 0.000000235. The van der Waals surface area contributed by atoms with Crippen LogP contribution in [-0.4, -0.2) is 30.4 Å². The van der Waals surface area contributed by atoms with Gasteiger partial charge in [0.15, 0.2) is 11.3 Å². The molecule has 0 saturated carbocycles. The van der Waals surface area contributed by atoms with Crippen molar-refractivity contribution < 1.29 is 33.6 Å². The molecule has 0 radical (unpaired) electrons. The first-order valence-corrected chi connectivity index (χ1v) is 9.77. The number of phenolic OH excluding ortho intramolecular Hbond substituents is 2. The van der Waals surface area contributed by atoms with Crippen molar-refractivity contribution in [2.45, 2.75) is 6.92 Å². The molecule has 8 heteroatoms. The van der Waals surface area contributed by atoms with Crippen molar-refractivity contribution in [2.75, 3.05) is 14.2 Å². The number of carbonyl (C=O) groups is 1. The van der Waals surface area contributed by atoms with E-state index in [4.69, 9.17) is 23.7 Å². The number of hydrogen-bond acceptors (Lipinski definition) is 8. The lowest BCUT2D eigenvalue weighted by atomic mass is 10.1. The molecule has 3 aromatic carbocycles. The summed E-state index contributed by atoms with van der Waals surface area (Å²) in [4.78, 5) is 23.0. The molecular weight excluding hydrogens is 428 g/mol. The Hall–Kier alpha value is -4.46. The summed E-state index contributed by atoms with van der Waals surface area (Å²) in [5.41, 5.74) is 1.20. The zero-order valence-corrected chi connectivity index (χ0v) is 18.2. The molecule has 1 aromatic heterocycles. The summed E-state index contributed by atoms with van der Waals surface area (Å²) in [6.07, 6.45) is 1.37. The van der Waals surface area contributed by atoms with E-state index in [1.54, 1.807) is 31.4 Å². The van der Waals surface area contributed by atoms with Gasteiger partial charge in [-0.05, 0) is 54.1 Å². The number of rotatable bonds is 4. The zero-order chi connectivity index (χ0) is 24.0. The van der Waals surface area contributed by atoms with Crippen LogP contribution in [0.25, 0.3) is 22.1 Å². The molecular formula is C25H22O8. The van der Waals surface area contributed by atoms with Crippen LogP contribution in [0.2, 0.25) is 0 Å². The van der Waals surface area contributed by atoms with Gasteiger partial charge in [0.2, 0.25) is 11.2 Å². The summed E-state index contributed by atoms with van der Waals surface area (Å²) in [6.45, 7) is 1.33. The van der Waals surface area contributed by atoms with Crippen LogP contribution in [0.5, 0.6) is 28.7 Å². The first-order valence-electron chi connectivity index (χ1n) is 9.77. The smallest absolute Gasteiger partial charge is 0.308 e.